The van der Waals surface area contributed by atoms with Crippen molar-refractivity contribution < 1.29 is 13.9 Å². The number of thiazole rings is 1. The molecule has 1 amide bonds. The predicted molar refractivity (Wildman–Crippen MR) is 142 cm³/mol. The van der Waals surface area contributed by atoms with Crippen molar-refractivity contribution in [3.63, 3.8) is 0 Å². The average molecular weight is 531 g/mol. The molecule has 8 nitrogen and oxygen atoms in total. The minimum absolute atomic E-state index is 0.0143. The van der Waals surface area contributed by atoms with Crippen molar-refractivity contribution >= 4 is 17.2 Å². The molecule has 2 aliphatic rings. The summed E-state index contributed by atoms with van der Waals surface area (Å²) in [5.74, 6) is 1.18. The topological polar surface area (TPSA) is 107 Å². The molecular formula is C28H27FN6O2S. The summed E-state index contributed by atoms with van der Waals surface area (Å²) in [7, 11) is 0. The number of aryl methyl sites for hydroxylation is 1. The molecule has 1 aliphatic heterocycles. The lowest BCUT2D eigenvalue weighted by Crippen LogP contribution is -2.33. The molecule has 1 saturated heterocycles. The van der Waals surface area contributed by atoms with Gasteiger partial charge in [-0.3, -0.25) is 4.79 Å². The Bertz CT molecular complexity index is 1490. The number of hydrogen-bond acceptors (Lipinski definition) is 8. The van der Waals surface area contributed by atoms with E-state index in [0.717, 1.165) is 11.1 Å². The lowest BCUT2D eigenvalue weighted by Gasteiger charge is -2.22. The van der Waals surface area contributed by atoms with Crippen LogP contribution in [-0.2, 0) is 5.54 Å². The third kappa shape index (κ3) is 4.65. The molecule has 1 aliphatic carbocycles. The number of hydrogen-bond donors (Lipinski definition) is 1. The van der Waals surface area contributed by atoms with Crippen molar-refractivity contribution in [1.29, 1.82) is 0 Å². The summed E-state index contributed by atoms with van der Waals surface area (Å²) >= 11 is 1.33. The number of halogens is 1. The van der Waals surface area contributed by atoms with Gasteiger partial charge in [-0.2, -0.15) is 0 Å². The number of pyridine rings is 1. The Kier molecular flexibility index (Phi) is 5.96. The zero-order valence-electron chi connectivity index (χ0n) is 21.3. The number of carbonyl (C=O) groups excluding carboxylic acids is 1. The number of rotatable bonds is 6. The van der Waals surface area contributed by atoms with Gasteiger partial charge in [-0.25, -0.2) is 24.3 Å². The molecule has 0 spiro atoms. The fraction of sp³-hybridized carbons (Fsp3) is 0.321. The Balaban J connectivity index is 1.16. The van der Waals surface area contributed by atoms with Gasteiger partial charge in [-0.05, 0) is 62.7 Å². The van der Waals surface area contributed by atoms with Crippen molar-refractivity contribution in [2.75, 3.05) is 13.1 Å². The lowest BCUT2D eigenvalue weighted by atomic mass is 9.95. The number of carbonyl (C=O) groups is 1. The molecule has 1 aromatic carbocycles. The predicted octanol–water partition coefficient (Wildman–Crippen LogP) is 4.45. The molecule has 1 saturated carbocycles. The molecule has 2 atom stereocenters. The van der Waals surface area contributed by atoms with Gasteiger partial charge in [-0.1, -0.05) is 0 Å². The van der Waals surface area contributed by atoms with Crippen molar-refractivity contribution in [3.05, 3.63) is 76.8 Å². The van der Waals surface area contributed by atoms with Crippen LogP contribution in [0.5, 0.6) is 5.88 Å². The van der Waals surface area contributed by atoms with Crippen molar-refractivity contribution in [1.82, 2.24) is 24.8 Å². The minimum Gasteiger partial charge on any atom is -0.474 e. The van der Waals surface area contributed by atoms with Crippen LogP contribution in [0.15, 0.2) is 54.9 Å². The van der Waals surface area contributed by atoms with E-state index in [1.165, 1.54) is 23.5 Å². The van der Waals surface area contributed by atoms with E-state index in [0.29, 0.717) is 46.1 Å². The molecule has 2 unspecified atom stereocenters. The van der Waals surface area contributed by atoms with Crippen LogP contribution in [0.3, 0.4) is 0 Å². The summed E-state index contributed by atoms with van der Waals surface area (Å²) < 4.78 is 19.8. The third-order valence-corrected chi connectivity index (χ3v) is 8.23. The third-order valence-electron chi connectivity index (χ3n) is 7.09. The van der Waals surface area contributed by atoms with Gasteiger partial charge in [0.1, 0.15) is 16.8 Å². The molecular weight excluding hydrogens is 503 g/mol. The summed E-state index contributed by atoms with van der Waals surface area (Å²) in [4.78, 5) is 33.5. The van der Waals surface area contributed by atoms with E-state index in [1.54, 1.807) is 30.6 Å². The first-order valence-electron chi connectivity index (χ1n) is 12.5. The molecule has 4 heterocycles. The lowest BCUT2D eigenvalue weighted by molar-refractivity contribution is 0.0755. The van der Waals surface area contributed by atoms with Crippen molar-refractivity contribution in [3.8, 4) is 28.0 Å². The summed E-state index contributed by atoms with van der Waals surface area (Å²) in [5.41, 5.74) is 8.82. The molecule has 10 heteroatoms. The standard InChI is InChI=1S/C28H27FN6O2S/c1-15-24(38-26(33-15)25-31-9-4-10-32-25)27(36)35-13-19-20(14-35)23(19)37-22-12-17(28(2,3)30)11-21(34-22)16-5-7-18(29)8-6-16/h4-12,19-20,23H,13-14,30H2,1-3H3. The zero-order chi connectivity index (χ0) is 26.6. The van der Waals surface area contributed by atoms with Crippen LogP contribution in [0.1, 0.15) is 34.8 Å². The van der Waals surface area contributed by atoms with Crippen LogP contribution in [-0.4, -0.2) is 49.9 Å². The van der Waals surface area contributed by atoms with Crippen molar-refractivity contribution in [2.24, 2.45) is 17.6 Å². The van der Waals surface area contributed by atoms with Gasteiger partial charge in [-0.15, -0.1) is 11.3 Å². The number of ether oxygens (including phenoxy) is 1. The van der Waals surface area contributed by atoms with Crippen LogP contribution in [0.2, 0.25) is 0 Å². The average Bonchev–Trinajstić information content (AvgIpc) is 3.22. The number of nitrogens with two attached hydrogens (primary N) is 1. The fourth-order valence-corrected chi connectivity index (χ4v) is 5.88. The second-order valence-corrected chi connectivity index (χ2v) is 11.4. The molecule has 194 valence electrons. The van der Waals surface area contributed by atoms with Crippen LogP contribution >= 0.6 is 11.3 Å². The smallest absolute Gasteiger partial charge is 0.265 e. The Morgan fingerprint density at radius 2 is 1.79 bits per heavy atom. The SMILES string of the molecule is Cc1nc(-c2ncccn2)sc1C(=O)N1CC2C(C1)C2Oc1cc(C(C)(C)N)cc(-c2ccc(F)cc2)n1. The second kappa shape index (κ2) is 9.21. The first-order valence-corrected chi connectivity index (χ1v) is 13.3. The molecule has 3 aromatic heterocycles. The number of fused-ring (bicyclic) bond motifs is 1. The van der Waals surface area contributed by atoms with E-state index < -0.39 is 5.54 Å². The van der Waals surface area contributed by atoms with Crippen LogP contribution in [0.25, 0.3) is 22.1 Å². The van der Waals surface area contributed by atoms with Crippen LogP contribution in [0, 0.1) is 24.6 Å². The van der Waals surface area contributed by atoms with E-state index in [2.05, 4.69) is 15.0 Å². The van der Waals surface area contributed by atoms with Gasteiger partial charge in [0.25, 0.3) is 5.91 Å². The molecule has 2 fully saturated rings. The highest BCUT2D eigenvalue weighted by Gasteiger charge is 2.59. The molecule has 4 aromatic rings. The maximum absolute atomic E-state index is 13.5. The van der Waals surface area contributed by atoms with E-state index in [4.69, 9.17) is 15.5 Å². The molecule has 38 heavy (non-hydrogen) atoms. The van der Waals surface area contributed by atoms with Gasteiger partial charge >= 0.3 is 0 Å². The van der Waals surface area contributed by atoms with E-state index in [-0.39, 0.29) is 29.7 Å². The largest absolute Gasteiger partial charge is 0.474 e. The number of nitrogens with zero attached hydrogens (tertiary/aromatic N) is 5. The maximum Gasteiger partial charge on any atom is 0.265 e. The molecule has 0 bridgehead atoms. The molecule has 2 N–H and O–H groups in total. The monoisotopic (exact) mass is 530 g/mol. The zero-order valence-corrected chi connectivity index (χ0v) is 22.1. The summed E-state index contributed by atoms with van der Waals surface area (Å²) in [5, 5.41) is 0.641. The van der Waals surface area contributed by atoms with Crippen LogP contribution < -0.4 is 10.5 Å². The second-order valence-electron chi connectivity index (χ2n) is 10.4. The summed E-state index contributed by atoms with van der Waals surface area (Å²) in [6, 6.07) is 11.8. The number of piperidine rings is 1. The molecule has 6 rings (SSSR count). The summed E-state index contributed by atoms with van der Waals surface area (Å²) in [6.07, 6.45) is 3.31. The fourth-order valence-electron chi connectivity index (χ4n) is 4.90. The van der Waals surface area contributed by atoms with E-state index in [1.807, 2.05) is 37.8 Å². The van der Waals surface area contributed by atoms with Crippen molar-refractivity contribution in [2.45, 2.75) is 32.4 Å². The Labute approximate surface area is 223 Å². The quantitative estimate of drug-likeness (QED) is 0.392. The van der Waals surface area contributed by atoms with E-state index >= 15 is 0 Å². The van der Waals surface area contributed by atoms with E-state index in [9.17, 15) is 9.18 Å². The van der Waals surface area contributed by atoms with Crippen LogP contribution in [0.4, 0.5) is 4.39 Å². The maximum atomic E-state index is 13.5. The highest BCUT2D eigenvalue weighted by Crippen LogP contribution is 2.48. The minimum atomic E-state index is -0.602. The van der Waals surface area contributed by atoms with Gasteiger partial charge in [0, 0.05) is 54.5 Å². The normalized spacial score (nSPS) is 20.3. The highest BCUT2D eigenvalue weighted by atomic mass is 32.1. The van der Waals surface area contributed by atoms with Gasteiger partial charge in [0.2, 0.25) is 5.88 Å². The Morgan fingerprint density at radius 1 is 1.11 bits per heavy atom. The highest BCUT2D eigenvalue weighted by molar-refractivity contribution is 7.17. The number of likely N-dealkylation sites (tertiary alicyclic amines) is 1. The number of amides is 1. The first-order chi connectivity index (χ1) is 18.2. The number of aromatic nitrogens is 4. The number of benzene rings is 1. The van der Waals surface area contributed by atoms with Gasteiger partial charge in [0.05, 0.1) is 11.4 Å². The Morgan fingerprint density at radius 3 is 2.45 bits per heavy atom. The molecule has 0 radical (unpaired) electrons. The first kappa shape index (κ1) is 24.6. The van der Waals surface area contributed by atoms with Gasteiger partial charge in [0.15, 0.2) is 10.8 Å². The summed E-state index contributed by atoms with van der Waals surface area (Å²) in [6.45, 7) is 6.93. The Hall–Kier alpha value is -3.76. The van der Waals surface area contributed by atoms with Gasteiger partial charge < -0.3 is 15.4 Å².